The van der Waals surface area contributed by atoms with E-state index in [1.165, 1.54) is 25.7 Å². The minimum absolute atomic E-state index is 0.274. The van der Waals surface area contributed by atoms with Crippen molar-refractivity contribution < 1.29 is 9.53 Å². The molecule has 0 heterocycles. The van der Waals surface area contributed by atoms with E-state index < -0.39 is 0 Å². The van der Waals surface area contributed by atoms with Crippen molar-refractivity contribution in [1.29, 1.82) is 0 Å². The maximum atomic E-state index is 11.6. The minimum Gasteiger partial charge on any atom is -0.463 e. The molecule has 3 heteroatoms. The lowest BCUT2D eigenvalue weighted by Crippen LogP contribution is -2.06. The van der Waals surface area contributed by atoms with Crippen LogP contribution in [0.4, 0.5) is 5.69 Å². The Hall–Kier alpha value is -1.77. The van der Waals surface area contributed by atoms with Gasteiger partial charge in [0.15, 0.2) is 0 Å². The van der Waals surface area contributed by atoms with E-state index in [0.29, 0.717) is 6.61 Å². The number of nitrogens with one attached hydrogen (secondary N) is 1. The number of para-hydroxylation sites is 1. The van der Waals surface area contributed by atoms with Gasteiger partial charge in [0.1, 0.15) is 0 Å². The van der Waals surface area contributed by atoms with E-state index in [4.69, 9.17) is 4.74 Å². The van der Waals surface area contributed by atoms with Crippen LogP contribution in [0.15, 0.2) is 42.1 Å². The number of rotatable bonds is 10. The number of esters is 1. The van der Waals surface area contributed by atoms with Crippen LogP contribution in [0.3, 0.4) is 0 Å². The third-order valence-corrected chi connectivity index (χ3v) is 3.21. The molecule has 116 valence electrons. The first-order valence-corrected chi connectivity index (χ1v) is 7.95. The van der Waals surface area contributed by atoms with E-state index in [1.54, 1.807) is 6.08 Å². The molecule has 0 aromatic heterocycles. The fourth-order valence-electron chi connectivity index (χ4n) is 2.12. The first kappa shape index (κ1) is 17.3. The van der Waals surface area contributed by atoms with Gasteiger partial charge in [0.25, 0.3) is 0 Å². The van der Waals surface area contributed by atoms with Gasteiger partial charge in [-0.3, -0.25) is 0 Å². The summed E-state index contributed by atoms with van der Waals surface area (Å²) in [6.07, 6.45) is 8.52. The third kappa shape index (κ3) is 8.18. The molecule has 0 atom stereocenters. The number of hydrogen-bond acceptors (Lipinski definition) is 3. The fourth-order valence-corrected chi connectivity index (χ4v) is 2.12. The van der Waals surface area contributed by atoms with Gasteiger partial charge in [-0.15, -0.1) is 0 Å². The van der Waals surface area contributed by atoms with Crippen molar-refractivity contribution in [1.82, 2.24) is 0 Å². The third-order valence-electron chi connectivity index (χ3n) is 3.21. The molecule has 0 amide bonds. The van der Waals surface area contributed by atoms with E-state index in [9.17, 15) is 4.79 Å². The van der Waals surface area contributed by atoms with Gasteiger partial charge in [0.2, 0.25) is 0 Å². The van der Waals surface area contributed by atoms with Crippen molar-refractivity contribution in [3.63, 3.8) is 0 Å². The monoisotopic (exact) mass is 289 g/mol. The minimum atomic E-state index is -0.274. The highest BCUT2D eigenvalue weighted by molar-refractivity contribution is 5.83. The van der Waals surface area contributed by atoms with Gasteiger partial charge in [-0.2, -0.15) is 0 Å². The van der Waals surface area contributed by atoms with Crippen molar-refractivity contribution in [3.8, 4) is 0 Å². The first-order chi connectivity index (χ1) is 10.3. The second-order valence-corrected chi connectivity index (χ2v) is 5.08. The first-order valence-electron chi connectivity index (χ1n) is 7.95. The van der Waals surface area contributed by atoms with Crippen molar-refractivity contribution in [2.75, 3.05) is 11.9 Å². The Morgan fingerprint density at radius 1 is 1.10 bits per heavy atom. The maximum absolute atomic E-state index is 11.6. The Labute approximate surface area is 128 Å². The molecule has 0 aliphatic carbocycles. The van der Waals surface area contributed by atoms with Gasteiger partial charge < -0.3 is 10.1 Å². The number of carbonyl (C=O) groups excluding carboxylic acids is 1. The molecule has 3 nitrogen and oxygen atoms in total. The van der Waals surface area contributed by atoms with Crippen molar-refractivity contribution >= 4 is 11.7 Å². The highest BCUT2D eigenvalue weighted by atomic mass is 16.5. The van der Waals surface area contributed by atoms with Gasteiger partial charge in [0, 0.05) is 17.5 Å². The molecule has 0 saturated carbocycles. The predicted molar refractivity (Wildman–Crippen MR) is 88.2 cm³/mol. The molecule has 21 heavy (non-hydrogen) atoms. The van der Waals surface area contributed by atoms with Crippen LogP contribution in [0.1, 0.15) is 52.4 Å². The molecule has 0 spiro atoms. The zero-order valence-corrected chi connectivity index (χ0v) is 13.2. The standard InChI is InChI=1S/C18H27NO2/c1-3-5-6-7-9-14-17(15-18(20)21-4-2)19-16-12-10-8-11-13-16/h8,10-13,15,19H,3-7,9,14H2,1-2H3/b17-15-. The molecular formula is C18H27NO2. The summed E-state index contributed by atoms with van der Waals surface area (Å²) in [5.74, 6) is -0.274. The van der Waals surface area contributed by atoms with E-state index in [0.717, 1.165) is 24.2 Å². The van der Waals surface area contributed by atoms with E-state index in [2.05, 4.69) is 12.2 Å². The highest BCUT2D eigenvalue weighted by Crippen LogP contribution is 2.15. The number of unbranched alkanes of at least 4 members (excludes halogenated alkanes) is 4. The summed E-state index contributed by atoms with van der Waals surface area (Å²) in [5, 5.41) is 3.32. The van der Waals surface area contributed by atoms with Crippen LogP contribution >= 0.6 is 0 Å². The maximum Gasteiger partial charge on any atom is 0.332 e. The number of hydrogen-bond donors (Lipinski definition) is 1. The number of anilines is 1. The molecule has 0 saturated heterocycles. The summed E-state index contributed by atoms with van der Waals surface area (Å²) in [6, 6.07) is 9.92. The fraction of sp³-hybridized carbons (Fsp3) is 0.500. The molecule has 1 aromatic carbocycles. The molecule has 0 aliphatic heterocycles. The summed E-state index contributed by atoms with van der Waals surface area (Å²) in [4.78, 5) is 11.6. The Bertz CT molecular complexity index is 426. The Kier molecular flexibility index (Phi) is 9.01. The normalized spacial score (nSPS) is 11.2. The van der Waals surface area contributed by atoms with Gasteiger partial charge in [-0.1, -0.05) is 50.8 Å². The molecule has 1 aromatic rings. The molecule has 0 fully saturated rings. The average Bonchev–Trinajstić information content (AvgIpc) is 2.48. The van der Waals surface area contributed by atoms with Crippen LogP contribution < -0.4 is 5.32 Å². The van der Waals surface area contributed by atoms with Crippen LogP contribution in [0.2, 0.25) is 0 Å². The van der Waals surface area contributed by atoms with Gasteiger partial charge in [-0.25, -0.2) is 4.79 Å². The molecule has 1 N–H and O–H groups in total. The summed E-state index contributed by atoms with van der Waals surface area (Å²) in [7, 11) is 0. The lowest BCUT2D eigenvalue weighted by atomic mass is 10.1. The highest BCUT2D eigenvalue weighted by Gasteiger charge is 2.04. The molecule has 0 bridgehead atoms. The predicted octanol–water partition coefficient (Wildman–Crippen LogP) is 4.91. The van der Waals surface area contributed by atoms with Crippen LogP contribution in [-0.2, 0) is 9.53 Å². The smallest absolute Gasteiger partial charge is 0.332 e. The summed E-state index contributed by atoms with van der Waals surface area (Å²) < 4.78 is 5.00. The molecular weight excluding hydrogens is 262 g/mol. The van der Waals surface area contributed by atoms with Crippen LogP contribution in [0.25, 0.3) is 0 Å². The number of carbonyl (C=O) groups is 1. The van der Waals surface area contributed by atoms with Crippen molar-refractivity contribution in [3.05, 3.63) is 42.1 Å². The molecule has 1 rings (SSSR count). The molecule has 0 aliphatic rings. The zero-order valence-electron chi connectivity index (χ0n) is 13.2. The zero-order chi connectivity index (χ0) is 15.3. The summed E-state index contributed by atoms with van der Waals surface area (Å²) >= 11 is 0. The number of benzene rings is 1. The summed E-state index contributed by atoms with van der Waals surface area (Å²) in [6.45, 7) is 4.44. The van der Waals surface area contributed by atoms with Crippen LogP contribution in [-0.4, -0.2) is 12.6 Å². The van der Waals surface area contributed by atoms with E-state index >= 15 is 0 Å². The largest absolute Gasteiger partial charge is 0.463 e. The van der Waals surface area contributed by atoms with E-state index in [1.807, 2.05) is 37.3 Å². The molecule has 0 radical (unpaired) electrons. The summed E-state index contributed by atoms with van der Waals surface area (Å²) in [5.41, 5.74) is 1.93. The molecule has 0 unspecified atom stereocenters. The lowest BCUT2D eigenvalue weighted by Gasteiger charge is -2.11. The lowest BCUT2D eigenvalue weighted by molar-refractivity contribution is -0.137. The second-order valence-electron chi connectivity index (χ2n) is 5.08. The second kappa shape index (κ2) is 11.0. The Balaban J connectivity index is 2.55. The number of ether oxygens (including phenoxy) is 1. The van der Waals surface area contributed by atoms with E-state index in [-0.39, 0.29) is 5.97 Å². The van der Waals surface area contributed by atoms with Gasteiger partial charge in [0.05, 0.1) is 6.61 Å². The van der Waals surface area contributed by atoms with Crippen LogP contribution in [0.5, 0.6) is 0 Å². The Morgan fingerprint density at radius 2 is 1.81 bits per heavy atom. The van der Waals surface area contributed by atoms with Gasteiger partial charge >= 0.3 is 5.97 Å². The Morgan fingerprint density at radius 3 is 2.48 bits per heavy atom. The van der Waals surface area contributed by atoms with Crippen molar-refractivity contribution in [2.24, 2.45) is 0 Å². The average molecular weight is 289 g/mol. The quantitative estimate of drug-likeness (QED) is 0.378. The SMILES string of the molecule is CCCCCCC/C(=C/C(=O)OCC)Nc1ccccc1. The topological polar surface area (TPSA) is 38.3 Å². The van der Waals surface area contributed by atoms with Crippen LogP contribution in [0, 0.1) is 0 Å². The van der Waals surface area contributed by atoms with Gasteiger partial charge in [-0.05, 0) is 31.9 Å². The van der Waals surface area contributed by atoms with Crippen molar-refractivity contribution in [2.45, 2.75) is 52.4 Å². The number of allylic oxidation sites excluding steroid dienone is 1.